The number of benzene rings is 1. The van der Waals surface area contributed by atoms with Crippen LogP contribution < -0.4 is 11.1 Å². The van der Waals surface area contributed by atoms with Crippen LogP contribution in [0.15, 0.2) is 24.3 Å². The summed E-state index contributed by atoms with van der Waals surface area (Å²) in [4.78, 5) is 34.4. The van der Waals surface area contributed by atoms with E-state index in [0.717, 1.165) is 0 Å². The molecular formula is C15H20N2O4. The van der Waals surface area contributed by atoms with Crippen LogP contribution in [0.4, 0.5) is 0 Å². The topological polar surface area (TPSA) is 109 Å². The number of carbonyl (C=O) groups excluding carboxylic acids is 2. The van der Waals surface area contributed by atoms with E-state index in [9.17, 15) is 14.4 Å². The highest BCUT2D eigenvalue weighted by Gasteiger charge is 2.33. The largest absolute Gasteiger partial charge is 0.481 e. The van der Waals surface area contributed by atoms with E-state index in [1.54, 1.807) is 19.1 Å². The Morgan fingerprint density at radius 2 is 1.86 bits per heavy atom. The van der Waals surface area contributed by atoms with Gasteiger partial charge in [0, 0.05) is 11.1 Å². The van der Waals surface area contributed by atoms with Gasteiger partial charge in [-0.05, 0) is 31.0 Å². The van der Waals surface area contributed by atoms with Crippen LogP contribution in [0.5, 0.6) is 0 Å². The maximum atomic E-state index is 12.3. The van der Waals surface area contributed by atoms with Crippen molar-refractivity contribution in [2.45, 2.75) is 32.7 Å². The minimum absolute atomic E-state index is 0.0723. The van der Waals surface area contributed by atoms with Gasteiger partial charge in [0.25, 0.3) is 5.91 Å². The summed E-state index contributed by atoms with van der Waals surface area (Å²) in [7, 11) is 0. The molecule has 114 valence electrons. The molecule has 1 aromatic rings. The zero-order valence-electron chi connectivity index (χ0n) is 12.3. The second kappa shape index (κ2) is 6.39. The molecule has 0 aliphatic carbocycles. The van der Waals surface area contributed by atoms with Gasteiger partial charge in [-0.1, -0.05) is 19.9 Å². The Bertz CT molecular complexity index is 569. The summed E-state index contributed by atoms with van der Waals surface area (Å²) < 4.78 is 0. The van der Waals surface area contributed by atoms with E-state index in [1.165, 1.54) is 12.1 Å². The highest BCUT2D eigenvalue weighted by molar-refractivity contribution is 5.99. The molecule has 2 amide bonds. The molecule has 0 bridgehead atoms. The van der Waals surface area contributed by atoms with Crippen LogP contribution in [0.3, 0.4) is 0 Å². The molecule has 0 aliphatic heterocycles. The summed E-state index contributed by atoms with van der Waals surface area (Å²) in [6, 6.07) is 6.00. The van der Waals surface area contributed by atoms with Crippen LogP contribution in [-0.2, 0) is 4.79 Å². The van der Waals surface area contributed by atoms with Crippen LogP contribution in [0.1, 0.15) is 47.9 Å². The normalized spacial score (nSPS) is 13.5. The van der Waals surface area contributed by atoms with Crippen LogP contribution in [0, 0.1) is 5.92 Å². The second-order valence-electron chi connectivity index (χ2n) is 5.54. The van der Waals surface area contributed by atoms with Gasteiger partial charge >= 0.3 is 5.97 Å². The Morgan fingerprint density at radius 3 is 2.33 bits per heavy atom. The first-order valence-electron chi connectivity index (χ1n) is 6.60. The lowest BCUT2D eigenvalue weighted by molar-refractivity contribution is -0.138. The number of nitrogens with two attached hydrogens (primary N) is 1. The van der Waals surface area contributed by atoms with Crippen molar-refractivity contribution in [2.75, 3.05) is 0 Å². The molecule has 0 spiro atoms. The molecule has 0 saturated carbocycles. The van der Waals surface area contributed by atoms with E-state index in [1.807, 2.05) is 13.8 Å². The van der Waals surface area contributed by atoms with Crippen molar-refractivity contribution in [1.29, 1.82) is 0 Å². The lowest BCUT2D eigenvalue weighted by atomic mass is 9.85. The Labute approximate surface area is 123 Å². The number of amides is 2. The molecule has 1 atom stereocenters. The number of rotatable bonds is 6. The summed E-state index contributed by atoms with van der Waals surface area (Å²) in [5.74, 6) is -2.12. The number of hydrogen-bond acceptors (Lipinski definition) is 3. The minimum atomic E-state index is -0.989. The smallest absolute Gasteiger partial charge is 0.305 e. The number of carboxylic acid groups (broad SMARTS) is 1. The third-order valence-electron chi connectivity index (χ3n) is 3.60. The second-order valence-corrected chi connectivity index (χ2v) is 5.54. The van der Waals surface area contributed by atoms with Crippen molar-refractivity contribution >= 4 is 17.8 Å². The molecule has 0 heterocycles. The average Bonchev–Trinajstić information content (AvgIpc) is 2.37. The van der Waals surface area contributed by atoms with Gasteiger partial charge in [-0.2, -0.15) is 0 Å². The number of aliphatic carboxylic acids is 1. The third kappa shape index (κ3) is 4.30. The fraction of sp³-hybridized carbons (Fsp3) is 0.400. The molecule has 0 fully saturated rings. The van der Waals surface area contributed by atoms with Gasteiger partial charge < -0.3 is 16.2 Å². The standard InChI is InChI=1S/C15H20N2O4/c1-9(2)15(3,8-12(18)19)17-14(21)11-6-4-5-10(7-11)13(16)20/h4-7,9H,8H2,1-3H3,(H2,16,20)(H,17,21)(H,18,19). The van der Waals surface area contributed by atoms with Crippen molar-refractivity contribution in [2.24, 2.45) is 11.7 Å². The zero-order valence-corrected chi connectivity index (χ0v) is 12.3. The molecule has 6 nitrogen and oxygen atoms in total. The van der Waals surface area contributed by atoms with E-state index in [2.05, 4.69) is 5.32 Å². The molecule has 0 aliphatic rings. The number of hydrogen-bond donors (Lipinski definition) is 3. The first kappa shape index (κ1) is 16.7. The molecule has 4 N–H and O–H groups in total. The third-order valence-corrected chi connectivity index (χ3v) is 3.60. The average molecular weight is 292 g/mol. The molecule has 0 radical (unpaired) electrons. The van der Waals surface area contributed by atoms with Crippen molar-refractivity contribution < 1.29 is 19.5 Å². The first-order chi connectivity index (χ1) is 9.65. The first-order valence-corrected chi connectivity index (χ1v) is 6.60. The monoisotopic (exact) mass is 292 g/mol. The predicted molar refractivity (Wildman–Crippen MR) is 77.9 cm³/mol. The van der Waals surface area contributed by atoms with Gasteiger partial charge in [-0.25, -0.2) is 0 Å². The number of carboxylic acids is 1. The predicted octanol–water partition coefficient (Wildman–Crippen LogP) is 1.40. The highest BCUT2D eigenvalue weighted by atomic mass is 16.4. The summed E-state index contributed by atoms with van der Waals surface area (Å²) in [5, 5.41) is 11.7. The maximum absolute atomic E-state index is 12.3. The fourth-order valence-corrected chi connectivity index (χ4v) is 1.85. The molecule has 1 unspecified atom stereocenters. The Hall–Kier alpha value is -2.37. The van der Waals surface area contributed by atoms with Gasteiger partial charge in [0.2, 0.25) is 5.91 Å². The molecule has 1 aromatic carbocycles. The zero-order chi connectivity index (χ0) is 16.2. The molecule has 1 rings (SSSR count). The van der Waals surface area contributed by atoms with E-state index in [0.29, 0.717) is 0 Å². The molecular weight excluding hydrogens is 272 g/mol. The molecule has 0 aromatic heterocycles. The van der Waals surface area contributed by atoms with Crippen LogP contribution in [-0.4, -0.2) is 28.4 Å². The summed E-state index contributed by atoms with van der Waals surface area (Å²) in [6.07, 6.45) is -0.189. The van der Waals surface area contributed by atoms with Crippen molar-refractivity contribution in [3.05, 3.63) is 35.4 Å². The number of nitrogens with one attached hydrogen (secondary N) is 1. The fourth-order valence-electron chi connectivity index (χ4n) is 1.85. The van der Waals surface area contributed by atoms with Crippen LogP contribution in [0.2, 0.25) is 0 Å². The Morgan fingerprint density at radius 1 is 1.29 bits per heavy atom. The number of carbonyl (C=O) groups is 3. The summed E-state index contributed by atoms with van der Waals surface area (Å²) >= 11 is 0. The van der Waals surface area contributed by atoms with Crippen molar-refractivity contribution in [3.8, 4) is 0 Å². The van der Waals surface area contributed by atoms with Crippen molar-refractivity contribution in [3.63, 3.8) is 0 Å². The van der Waals surface area contributed by atoms with E-state index < -0.39 is 23.3 Å². The quantitative estimate of drug-likeness (QED) is 0.736. The Kier molecular flexibility index (Phi) is 5.07. The van der Waals surface area contributed by atoms with Crippen LogP contribution in [0.25, 0.3) is 0 Å². The summed E-state index contributed by atoms with van der Waals surface area (Å²) in [5.41, 5.74) is 4.79. The molecule has 21 heavy (non-hydrogen) atoms. The SMILES string of the molecule is CC(C)C(C)(CC(=O)O)NC(=O)c1cccc(C(N)=O)c1. The lowest BCUT2D eigenvalue weighted by Crippen LogP contribution is -2.51. The molecule has 0 saturated heterocycles. The van der Waals surface area contributed by atoms with E-state index >= 15 is 0 Å². The lowest BCUT2D eigenvalue weighted by Gasteiger charge is -2.33. The minimum Gasteiger partial charge on any atom is -0.481 e. The molecule has 6 heteroatoms. The number of primary amides is 1. The van der Waals surface area contributed by atoms with Gasteiger partial charge in [0.15, 0.2) is 0 Å². The van der Waals surface area contributed by atoms with Gasteiger partial charge in [0.1, 0.15) is 0 Å². The highest BCUT2D eigenvalue weighted by Crippen LogP contribution is 2.21. The van der Waals surface area contributed by atoms with Gasteiger partial charge in [-0.3, -0.25) is 14.4 Å². The summed E-state index contributed by atoms with van der Waals surface area (Å²) in [6.45, 7) is 5.35. The van der Waals surface area contributed by atoms with E-state index in [-0.39, 0.29) is 23.5 Å². The maximum Gasteiger partial charge on any atom is 0.305 e. The van der Waals surface area contributed by atoms with E-state index in [4.69, 9.17) is 10.8 Å². The van der Waals surface area contributed by atoms with Crippen LogP contribution >= 0.6 is 0 Å². The van der Waals surface area contributed by atoms with Gasteiger partial charge in [0.05, 0.1) is 12.0 Å². The van der Waals surface area contributed by atoms with Crippen molar-refractivity contribution in [1.82, 2.24) is 5.32 Å². The Balaban J connectivity index is 3.00. The van der Waals surface area contributed by atoms with Gasteiger partial charge in [-0.15, -0.1) is 0 Å².